The molecule has 3 heteroatoms. The van der Waals surface area contributed by atoms with Crippen LogP contribution in [0.15, 0.2) is 36.4 Å². The van der Waals surface area contributed by atoms with E-state index in [2.05, 4.69) is 12.2 Å². The standard InChI is InChI=1S/C17H20O3/c1-18-15-5-3-2-4-14(15)16-19-10-17(11-20-16)9-12-6-7-13(17)8-12/h2-7,12-13,16H,8-11H2,1H3. The molecule has 2 unspecified atom stereocenters. The van der Waals surface area contributed by atoms with E-state index in [0.717, 1.165) is 30.4 Å². The zero-order valence-electron chi connectivity index (χ0n) is 11.7. The highest BCUT2D eigenvalue weighted by molar-refractivity contribution is 5.34. The summed E-state index contributed by atoms with van der Waals surface area (Å²) in [6.07, 6.45) is 6.94. The van der Waals surface area contributed by atoms with Crippen LogP contribution in [0.4, 0.5) is 0 Å². The van der Waals surface area contributed by atoms with Gasteiger partial charge < -0.3 is 14.2 Å². The summed E-state index contributed by atoms with van der Waals surface area (Å²) in [4.78, 5) is 0. The van der Waals surface area contributed by atoms with Crippen LogP contribution in [-0.4, -0.2) is 20.3 Å². The van der Waals surface area contributed by atoms with E-state index < -0.39 is 0 Å². The molecule has 3 nitrogen and oxygen atoms in total. The molecule has 4 rings (SSSR count). The average molecular weight is 272 g/mol. The molecule has 1 saturated carbocycles. The van der Waals surface area contributed by atoms with Crippen LogP contribution in [-0.2, 0) is 9.47 Å². The minimum atomic E-state index is -0.292. The largest absolute Gasteiger partial charge is 0.496 e. The summed E-state index contributed by atoms with van der Waals surface area (Å²) in [6, 6.07) is 7.93. The first-order valence-electron chi connectivity index (χ1n) is 7.35. The van der Waals surface area contributed by atoms with Crippen molar-refractivity contribution in [3.8, 4) is 5.75 Å². The van der Waals surface area contributed by atoms with Crippen LogP contribution in [0.2, 0.25) is 0 Å². The molecule has 106 valence electrons. The molecule has 1 spiro atoms. The van der Waals surface area contributed by atoms with Crippen molar-refractivity contribution in [2.45, 2.75) is 19.1 Å². The zero-order valence-corrected chi connectivity index (χ0v) is 11.7. The van der Waals surface area contributed by atoms with E-state index in [1.807, 2.05) is 24.3 Å². The number of hydrogen-bond acceptors (Lipinski definition) is 3. The fourth-order valence-electron chi connectivity index (χ4n) is 4.00. The summed E-state index contributed by atoms with van der Waals surface area (Å²) in [5.41, 5.74) is 1.21. The predicted octanol–water partition coefficient (Wildman–Crippen LogP) is 3.32. The fraction of sp³-hybridized carbons (Fsp3) is 0.529. The summed E-state index contributed by atoms with van der Waals surface area (Å²) < 4.78 is 17.5. The normalized spacial score (nSPS) is 38.5. The molecule has 2 atom stereocenters. The molecule has 0 amide bonds. The molecular formula is C17H20O3. The van der Waals surface area contributed by atoms with Crippen LogP contribution in [0.25, 0.3) is 0 Å². The number of ether oxygens (including phenoxy) is 3. The predicted molar refractivity (Wildman–Crippen MR) is 75.4 cm³/mol. The van der Waals surface area contributed by atoms with Gasteiger partial charge in [-0.2, -0.15) is 0 Å². The molecule has 0 aromatic heterocycles. The molecule has 0 N–H and O–H groups in total. The van der Waals surface area contributed by atoms with E-state index >= 15 is 0 Å². The molecule has 2 bridgehead atoms. The number of para-hydroxylation sites is 1. The smallest absolute Gasteiger partial charge is 0.187 e. The summed E-state index contributed by atoms with van der Waals surface area (Å²) in [5.74, 6) is 2.22. The second-order valence-corrected chi connectivity index (χ2v) is 6.25. The van der Waals surface area contributed by atoms with E-state index in [9.17, 15) is 0 Å². The number of methoxy groups -OCH3 is 1. The SMILES string of the molecule is COc1ccccc1C1OCC2(CO1)CC1C=CC2C1. The first kappa shape index (κ1) is 12.4. The van der Waals surface area contributed by atoms with Crippen molar-refractivity contribution in [3.05, 3.63) is 42.0 Å². The zero-order chi connectivity index (χ0) is 13.6. The van der Waals surface area contributed by atoms with Crippen LogP contribution in [0.3, 0.4) is 0 Å². The number of benzene rings is 1. The lowest BCUT2D eigenvalue weighted by atomic mass is 9.76. The highest BCUT2D eigenvalue weighted by Crippen LogP contribution is 2.54. The maximum atomic E-state index is 6.06. The molecule has 1 aliphatic heterocycles. The van der Waals surface area contributed by atoms with Crippen molar-refractivity contribution in [2.24, 2.45) is 17.3 Å². The molecular weight excluding hydrogens is 252 g/mol. The third-order valence-electron chi connectivity index (χ3n) is 5.06. The Morgan fingerprint density at radius 1 is 1.15 bits per heavy atom. The van der Waals surface area contributed by atoms with Crippen molar-refractivity contribution in [1.82, 2.24) is 0 Å². The van der Waals surface area contributed by atoms with E-state index in [0.29, 0.717) is 5.92 Å². The maximum absolute atomic E-state index is 6.06. The topological polar surface area (TPSA) is 27.7 Å². The van der Waals surface area contributed by atoms with Gasteiger partial charge in [-0.3, -0.25) is 0 Å². The maximum Gasteiger partial charge on any atom is 0.187 e. The van der Waals surface area contributed by atoms with Crippen LogP contribution < -0.4 is 4.74 Å². The molecule has 0 radical (unpaired) electrons. The van der Waals surface area contributed by atoms with Crippen molar-refractivity contribution in [2.75, 3.05) is 20.3 Å². The number of rotatable bonds is 2. The monoisotopic (exact) mass is 272 g/mol. The Balaban J connectivity index is 1.51. The lowest BCUT2D eigenvalue weighted by Crippen LogP contribution is -2.41. The third kappa shape index (κ3) is 1.80. The molecule has 1 heterocycles. The summed E-state index contributed by atoms with van der Waals surface area (Å²) in [5, 5.41) is 0. The van der Waals surface area contributed by atoms with Gasteiger partial charge in [0.2, 0.25) is 0 Å². The first-order chi connectivity index (χ1) is 9.81. The number of hydrogen-bond donors (Lipinski definition) is 0. The molecule has 2 aliphatic carbocycles. The number of fused-ring (bicyclic) bond motifs is 3. The van der Waals surface area contributed by atoms with Crippen molar-refractivity contribution >= 4 is 0 Å². The van der Waals surface area contributed by atoms with Crippen molar-refractivity contribution in [3.63, 3.8) is 0 Å². The van der Waals surface area contributed by atoms with Crippen LogP contribution in [0, 0.1) is 17.3 Å². The molecule has 1 aromatic carbocycles. The van der Waals surface area contributed by atoms with Gasteiger partial charge in [-0.1, -0.05) is 30.4 Å². The van der Waals surface area contributed by atoms with Gasteiger partial charge in [0.05, 0.1) is 20.3 Å². The van der Waals surface area contributed by atoms with Crippen LogP contribution >= 0.6 is 0 Å². The van der Waals surface area contributed by atoms with Gasteiger partial charge in [0, 0.05) is 11.0 Å². The molecule has 20 heavy (non-hydrogen) atoms. The summed E-state index contributed by atoms with van der Waals surface area (Å²) >= 11 is 0. The van der Waals surface area contributed by atoms with E-state index in [4.69, 9.17) is 14.2 Å². The minimum Gasteiger partial charge on any atom is -0.496 e. The minimum absolute atomic E-state index is 0.220. The van der Waals surface area contributed by atoms with E-state index in [1.54, 1.807) is 7.11 Å². The Morgan fingerprint density at radius 2 is 1.95 bits per heavy atom. The second kappa shape index (κ2) is 4.61. The van der Waals surface area contributed by atoms with E-state index in [-0.39, 0.29) is 11.7 Å². The second-order valence-electron chi connectivity index (χ2n) is 6.25. The van der Waals surface area contributed by atoms with E-state index in [1.165, 1.54) is 12.8 Å². The molecule has 3 aliphatic rings. The van der Waals surface area contributed by atoms with Gasteiger partial charge in [0.15, 0.2) is 6.29 Å². The Labute approximate surface area is 119 Å². The van der Waals surface area contributed by atoms with Gasteiger partial charge >= 0.3 is 0 Å². The Kier molecular flexibility index (Phi) is 2.86. The Bertz CT molecular complexity index is 529. The average Bonchev–Trinajstić information content (AvgIpc) is 3.09. The Hall–Kier alpha value is -1.32. The highest BCUT2D eigenvalue weighted by Gasteiger charge is 2.51. The first-order valence-corrected chi connectivity index (χ1v) is 7.35. The summed E-state index contributed by atoms with van der Waals surface area (Å²) in [6.45, 7) is 1.59. The van der Waals surface area contributed by atoms with Gasteiger partial charge in [-0.15, -0.1) is 0 Å². The van der Waals surface area contributed by atoms with Crippen molar-refractivity contribution in [1.29, 1.82) is 0 Å². The molecule has 1 saturated heterocycles. The lowest BCUT2D eigenvalue weighted by molar-refractivity contribution is -0.240. The van der Waals surface area contributed by atoms with Crippen LogP contribution in [0.1, 0.15) is 24.7 Å². The van der Waals surface area contributed by atoms with Gasteiger partial charge in [-0.05, 0) is 30.7 Å². The van der Waals surface area contributed by atoms with Gasteiger partial charge in [-0.25, -0.2) is 0 Å². The highest BCUT2D eigenvalue weighted by atomic mass is 16.7. The summed E-state index contributed by atoms with van der Waals surface area (Å²) in [7, 11) is 1.68. The lowest BCUT2D eigenvalue weighted by Gasteiger charge is -2.41. The number of allylic oxidation sites excluding steroid dienone is 2. The van der Waals surface area contributed by atoms with Gasteiger partial charge in [0.25, 0.3) is 0 Å². The van der Waals surface area contributed by atoms with Crippen LogP contribution in [0.5, 0.6) is 5.75 Å². The van der Waals surface area contributed by atoms with Crippen molar-refractivity contribution < 1.29 is 14.2 Å². The quantitative estimate of drug-likeness (QED) is 0.773. The van der Waals surface area contributed by atoms with Gasteiger partial charge in [0.1, 0.15) is 5.75 Å². The molecule has 2 fully saturated rings. The Morgan fingerprint density at radius 3 is 2.60 bits per heavy atom. The molecule has 1 aromatic rings. The fourth-order valence-corrected chi connectivity index (χ4v) is 4.00. The third-order valence-corrected chi connectivity index (χ3v) is 5.06.